The van der Waals surface area contributed by atoms with Gasteiger partial charge in [0.1, 0.15) is 0 Å². The van der Waals surface area contributed by atoms with Crippen LogP contribution < -0.4 is 5.32 Å². The molecule has 0 fully saturated rings. The van der Waals surface area contributed by atoms with Crippen LogP contribution in [0, 0.1) is 0 Å². The Bertz CT molecular complexity index is 907. The van der Waals surface area contributed by atoms with Crippen molar-refractivity contribution in [1.82, 2.24) is 0 Å². The van der Waals surface area contributed by atoms with Gasteiger partial charge in [-0.3, -0.25) is 4.79 Å². The third-order valence-corrected chi connectivity index (χ3v) is 5.27. The monoisotopic (exact) mass is 397 g/mol. The van der Waals surface area contributed by atoms with Crippen molar-refractivity contribution in [3.05, 3.63) is 99.5 Å². The molecule has 0 aromatic heterocycles. The first kappa shape index (κ1) is 19.5. The van der Waals surface area contributed by atoms with E-state index in [1.165, 1.54) is 5.56 Å². The third-order valence-electron chi connectivity index (χ3n) is 4.53. The highest BCUT2D eigenvalue weighted by Gasteiger charge is 2.18. The minimum atomic E-state index is -0.208. The zero-order valence-electron chi connectivity index (χ0n) is 15.1. The van der Waals surface area contributed by atoms with Gasteiger partial charge in [0, 0.05) is 17.7 Å². The summed E-state index contributed by atoms with van der Waals surface area (Å²) in [4.78, 5) is 12.8. The van der Waals surface area contributed by atoms with E-state index in [2.05, 4.69) is 24.4 Å². The van der Waals surface area contributed by atoms with Gasteiger partial charge in [-0.15, -0.1) is 0 Å². The van der Waals surface area contributed by atoms with Gasteiger partial charge in [0.2, 0.25) is 0 Å². The number of halogens is 2. The molecular formula is C23H21Cl2NO. The van der Waals surface area contributed by atoms with Gasteiger partial charge >= 0.3 is 0 Å². The van der Waals surface area contributed by atoms with Crippen molar-refractivity contribution in [1.29, 1.82) is 0 Å². The molecule has 0 aliphatic carbocycles. The highest BCUT2D eigenvalue weighted by Crippen LogP contribution is 2.30. The van der Waals surface area contributed by atoms with Gasteiger partial charge in [0.25, 0.3) is 0 Å². The van der Waals surface area contributed by atoms with Gasteiger partial charge in [0.05, 0.1) is 16.1 Å². The Balaban J connectivity index is 1.87. The van der Waals surface area contributed by atoms with Crippen molar-refractivity contribution >= 4 is 34.7 Å². The van der Waals surface area contributed by atoms with Crippen LogP contribution in [0.3, 0.4) is 0 Å². The number of rotatable bonds is 7. The molecule has 1 unspecified atom stereocenters. The molecule has 3 rings (SSSR count). The first-order valence-corrected chi connectivity index (χ1v) is 9.71. The van der Waals surface area contributed by atoms with Crippen LogP contribution in [-0.4, -0.2) is 5.78 Å². The first-order chi connectivity index (χ1) is 13.1. The molecule has 0 aliphatic heterocycles. The molecule has 138 valence electrons. The van der Waals surface area contributed by atoms with Crippen molar-refractivity contribution < 1.29 is 4.79 Å². The van der Waals surface area contributed by atoms with E-state index in [1.54, 1.807) is 6.07 Å². The Morgan fingerprint density at radius 1 is 0.926 bits per heavy atom. The molecule has 3 aromatic carbocycles. The Morgan fingerprint density at radius 3 is 2.26 bits per heavy atom. The van der Waals surface area contributed by atoms with E-state index in [4.69, 9.17) is 23.2 Å². The number of nitrogens with one attached hydrogen (secondary N) is 1. The molecule has 0 saturated carbocycles. The molecule has 0 spiro atoms. The fourth-order valence-corrected chi connectivity index (χ4v) is 3.25. The van der Waals surface area contributed by atoms with Crippen molar-refractivity contribution in [2.24, 2.45) is 0 Å². The zero-order chi connectivity index (χ0) is 19.2. The van der Waals surface area contributed by atoms with Crippen LogP contribution in [0.5, 0.6) is 0 Å². The lowest BCUT2D eigenvalue weighted by Crippen LogP contribution is -2.16. The van der Waals surface area contributed by atoms with E-state index in [1.807, 2.05) is 54.6 Å². The lowest BCUT2D eigenvalue weighted by atomic mass is 9.97. The lowest BCUT2D eigenvalue weighted by molar-refractivity contribution is 0.0976. The number of hydrogen-bond acceptors (Lipinski definition) is 2. The average molecular weight is 398 g/mol. The largest absolute Gasteiger partial charge is 0.378 e. The summed E-state index contributed by atoms with van der Waals surface area (Å²) in [7, 11) is 0. The Kier molecular flexibility index (Phi) is 6.54. The fraction of sp³-hybridized carbons (Fsp3) is 0.174. The number of benzene rings is 3. The van der Waals surface area contributed by atoms with E-state index in [-0.39, 0.29) is 11.8 Å². The van der Waals surface area contributed by atoms with Crippen molar-refractivity contribution in [3.8, 4) is 0 Å². The van der Waals surface area contributed by atoms with E-state index in [0.717, 1.165) is 17.7 Å². The van der Waals surface area contributed by atoms with Crippen LogP contribution in [0.15, 0.2) is 72.8 Å². The molecule has 0 saturated heterocycles. The van der Waals surface area contributed by atoms with Crippen LogP contribution in [0.2, 0.25) is 10.0 Å². The second-order valence-corrected chi connectivity index (χ2v) is 7.23. The normalized spacial score (nSPS) is 11.8. The second kappa shape index (κ2) is 9.07. The number of aryl methyl sites for hydroxylation is 1. The number of hydrogen-bond donors (Lipinski definition) is 1. The molecule has 0 amide bonds. The molecule has 0 bridgehead atoms. The van der Waals surface area contributed by atoms with Crippen LogP contribution in [-0.2, 0) is 6.42 Å². The van der Waals surface area contributed by atoms with E-state index >= 15 is 0 Å². The van der Waals surface area contributed by atoms with E-state index in [9.17, 15) is 4.79 Å². The van der Waals surface area contributed by atoms with Gasteiger partial charge < -0.3 is 5.32 Å². The number of anilines is 1. The maximum atomic E-state index is 12.8. The summed E-state index contributed by atoms with van der Waals surface area (Å²) in [5.74, 6) is 0.0735. The van der Waals surface area contributed by atoms with Crippen molar-refractivity contribution in [3.63, 3.8) is 0 Å². The summed E-state index contributed by atoms with van der Waals surface area (Å²) in [6, 6.07) is 22.9. The Labute approximate surface area is 170 Å². The van der Waals surface area contributed by atoms with Gasteiger partial charge in [0.15, 0.2) is 5.78 Å². The Morgan fingerprint density at radius 2 is 1.63 bits per heavy atom. The fourth-order valence-electron chi connectivity index (χ4n) is 2.95. The van der Waals surface area contributed by atoms with Gasteiger partial charge in [-0.25, -0.2) is 0 Å². The lowest BCUT2D eigenvalue weighted by Gasteiger charge is -2.21. The molecular weight excluding hydrogens is 377 g/mol. The van der Waals surface area contributed by atoms with Crippen molar-refractivity contribution in [2.75, 3.05) is 5.32 Å². The quantitative estimate of drug-likeness (QED) is 0.435. The molecule has 0 heterocycles. The molecule has 0 radical (unpaired) electrons. The average Bonchev–Trinajstić information content (AvgIpc) is 2.70. The molecule has 3 aromatic rings. The number of carbonyl (C=O) groups is 1. The van der Waals surface area contributed by atoms with E-state index < -0.39 is 0 Å². The molecule has 2 nitrogen and oxygen atoms in total. The highest BCUT2D eigenvalue weighted by atomic mass is 35.5. The smallest absolute Gasteiger partial charge is 0.165 e. The molecule has 1 atom stereocenters. The van der Waals surface area contributed by atoms with Crippen LogP contribution in [0.4, 0.5) is 5.69 Å². The summed E-state index contributed by atoms with van der Waals surface area (Å²) in [5, 5.41) is 4.45. The predicted molar refractivity (Wildman–Crippen MR) is 114 cm³/mol. The summed E-state index contributed by atoms with van der Waals surface area (Å²) >= 11 is 12.3. The molecule has 4 heteroatoms. The summed E-state index contributed by atoms with van der Waals surface area (Å²) < 4.78 is 0. The summed E-state index contributed by atoms with van der Waals surface area (Å²) in [5.41, 5.74) is 3.86. The van der Waals surface area contributed by atoms with Crippen molar-refractivity contribution in [2.45, 2.75) is 25.8 Å². The molecule has 27 heavy (non-hydrogen) atoms. The SMILES string of the molecule is CCc1ccc(NC(CC(=O)c2ccccc2)c2ccc(Cl)c(Cl)c2)cc1. The van der Waals surface area contributed by atoms with Crippen LogP contribution in [0.1, 0.15) is 40.9 Å². The minimum Gasteiger partial charge on any atom is -0.378 e. The molecule has 0 aliphatic rings. The number of Topliss-reactive ketones (excluding diaryl/α,β-unsaturated/α-hetero) is 1. The van der Waals surface area contributed by atoms with Gasteiger partial charge in [-0.1, -0.05) is 78.7 Å². The highest BCUT2D eigenvalue weighted by molar-refractivity contribution is 6.42. The maximum absolute atomic E-state index is 12.8. The maximum Gasteiger partial charge on any atom is 0.165 e. The molecule has 1 N–H and O–H groups in total. The standard InChI is InChI=1S/C23H21Cl2NO/c1-2-16-8-11-19(12-9-16)26-22(18-10-13-20(24)21(25)14-18)15-23(27)17-6-4-3-5-7-17/h3-14,22,26H,2,15H2,1H3. The zero-order valence-corrected chi connectivity index (χ0v) is 16.6. The van der Waals surface area contributed by atoms with Crippen LogP contribution >= 0.6 is 23.2 Å². The number of carbonyl (C=O) groups excluding carboxylic acids is 1. The minimum absolute atomic E-state index is 0.0735. The third kappa shape index (κ3) is 5.12. The summed E-state index contributed by atoms with van der Waals surface area (Å²) in [6.45, 7) is 2.12. The predicted octanol–water partition coefficient (Wildman–Crippen LogP) is 6.98. The Hall–Kier alpha value is -2.29. The second-order valence-electron chi connectivity index (χ2n) is 6.41. The van der Waals surface area contributed by atoms with Gasteiger partial charge in [-0.2, -0.15) is 0 Å². The van der Waals surface area contributed by atoms with Gasteiger partial charge in [-0.05, 0) is 41.8 Å². The first-order valence-electron chi connectivity index (χ1n) is 8.95. The van der Waals surface area contributed by atoms with E-state index in [0.29, 0.717) is 22.0 Å². The van der Waals surface area contributed by atoms with Crippen LogP contribution in [0.25, 0.3) is 0 Å². The number of ketones is 1. The topological polar surface area (TPSA) is 29.1 Å². The summed E-state index contributed by atoms with van der Waals surface area (Å²) in [6.07, 6.45) is 1.31.